The zero-order chi connectivity index (χ0) is 20.4. The first-order valence-corrected chi connectivity index (χ1v) is 9.39. The van der Waals surface area contributed by atoms with E-state index in [9.17, 15) is 14.0 Å². The van der Waals surface area contributed by atoms with E-state index < -0.39 is 5.82 Å². The molecule has 1 heterocycles. The Balaban J connectivity index is 1.89. The summed E-state index contributed by atoms with van der Waals surface area (Å²) >= 11 is 3.42. The van der Waals surface area contributed by atoms with Crippen molar-refractivity contribution in [3.8, 4) is 5.69 Å². The highest BCUT2D eigenvalue weighted by Gasteiger charge is 2.17. The summed E-state index contributed by atoms with van der Waals surface area (Å²) in [5.74, 6) is -1.26. The zero-order valence-corrected chi connectivity index (χ0v) is 17.2. The minimum Gasteiger partial charge on any atom is -0.324 e. The molecule has 0 bridgehead atoms. The highest BCUT2D eigenvalue weighted by Crippen LogP contribution is 2.24. The molecule has 2 amide bonds. The summed E-state index contributed by atoms with van der Waals surface area (Å²) in [4.78, 5) is 24.0. The van der Waals surface area contributed by atoms with Gasteiger partial charge in [0.1, 0.15) is 5.82 Å². The van der Waals surface area contributed by atoms with Crippen LogP contribution in [0.3, 0.4) is 0 Å². The Morgan fingerprint density at radius 3 is 2.32 bits per heavy atom. The molecule has 0 atom stereocenters. The smallest absolute Gasteiger partial charge is 0.257 e. The van der Waals surface area contributed by atoms with Gasteiger partial charge in [-0.1, -0.05) is 15.9 Å². The van der Waals surface area contributed by atoms with E-state index in [4.69, 9.17) is 0 Å². The summed E-state index contributed by atoms with van der Waals surface area (Å²) in [5, 5.41) is 5.17. The van der Waals surface area contributed by atoms with Gasteiger partial charge >= 0.3 is 0 Å². The standard InChI is InChI=1S/C21H19BrFN3O2/c1-12-10-18(13(2)26(12)17-7-4-15(22)5-8-17)21(28)25-16-6-9-19(23)20(11-16)24-14(3)27/h4-11H,1-3H3,(H,24,27)(H,25,28). The number of nitrogens with zero attached hydrogens (tertiary/aromatic N) is 1. The second kappa shape index (κ2) is 7.98. The van der Waals surface area contributed by atoms with Crippen molar-refractivity contribution in [1.82, 2.24) is 4.57 Å². The third kappa shape index (κ3) is 4.14. The first-order valence-electron chi connectivity index (χ1n) is 8.59. The lowest BCUT2D eigenvalue weighted by Crippen LogP contribution is -2.14. The largest absolute Gasteiger partial charge is 0.324 e. The molecule has 5 nitrogen and oxygen atoms in total. The fourth-order valence-corrected chi connectivity index (χ4v) is 3.33. The van der Waals surface area contributed by atoms with Crippen molar-refractivity contribution in [1.29, 1.82) is 0 Å². The molecule has 1 aromatic heterocycles. The Morgan fingerprint density at radius 2 is 1.68 bits per heavy atom. The van der Waals surface area contributed by atoms with Gasteiger partial charge in [0, 0.05) is 34.2 Å². The fourth-order valence-electron chi connectivity index (χ4n) is 3.07. The molecular weight excluding hydrogens is 425 g/mol. The Morgan fingerprint density at radius 1 is 1.00 bits per heavy atom. The Hall–Kier alpha value is -2.93. The maximum Gasteiger partial charge on any atom is 0.257 e. The molecule has 7 heteroatoms. The highest BCUT2D eigenvalue weighted by atomic mass is 79.9. The number of carbonyl (C=O) groups is 2. The normalized spacial score (nSPS) is 10.6. The first-order chi connectivity index (χ1) is 13.3. The maximum absolute atomic E-state index is 13.8. The molecule has 0 aliphatic carbocycles. The molecule has 0 saturated carbocycles. The van der Waals surface area contributed by atoms with E-state index in [-0.39, 0.29) is 17.5 Å². The molecule has 2 aromatic carbocycles. The lowest BCUT2D eigenvalue weighted by atomic mass is 10.2. The van der Waals surface area contributed by atoms with Crippen molar-refractivity contribution < 1.29 is 14.0 Å². The number of hydrogen-bond acceptors (Lipinski definition) is 2. The van der Waals surface area contributed by atoms with Gasteiger partial charge in [-0.15, -0.1) is 0 Å². The second-order valence-corrected chi connectivity index (χ2v) is 7.34. The van der Waals surface area contributed by atoms with Gasteiger partial charge < -0.3 is 15.2 Å². The van der Waals surface area contributed by atoms with Crippen LogP contribution in [0, 0.1) is 19.7 Å². The van der Waals surface area contributed by atoms with Crippen LogP contribution in [0.5, 0.6) is 0 Å². The number of hydrogen-bond donors (Lipinski definition) is 2. The van der Waals surface area contributed by atoms with Gasteiger partial charge in [-0.3, -0.25) is 9.59 Å². The molecule has 0 spiro atoms. The van der Waals surface area contributed by atoms with Crippen LogP contribution in [0.15, 0.2) is 53.0 Å². The average molecular weight is 444 g/mol. The highest BCUT2D eigenvalue weighted by molar-refractivity contribution is 9.10. The Kier molecular flexibility index (Phi) is 5.65. The fraction of sp³-hybridized carbons (Fsp3) is 0.143. The van der Waals surface area contributed by atoms with Crippen molar-refractivity contribution in [2.24, 2.45) is 0 Å². The van der Waals surface area contributed by atoms with E-state index in [0.29, 0.717) is 11.3 Å². The number of carbonyl (C=O) groups excluding carboxylic acids is 2. The quantitative estimate of drug-likeness (QED) is 0.581. The molecule has 0 aliphatic rings. The summed E-state index contributed by atoms with van der Waals surface area (Å²) in [5.41, 5.74) is 3.59. The summed E-state index contributed by atoms with van der Waals surface area (Å²) in [7, 11) is 0. The molecule has 144 valence electrons. The van der Waals surface area contributed by atoms with Crippen LogP contribution in [0.1, 0.15) is 28.7 Å². The van der Waals surface area contributed by atoms with Crippen LogP contribution in [0.2, 0.25) is 0 Å². The number of nitrogens with one attached hydrogen (secondary N) is 2. The molecule has 0 radical (unpaired) electrons. The molecule has 0 fully saturated rings. The SMILES string of the molecule is CC(=O)Nc1cc(NC(=O)c2cc(C)n(-c3ccc(Br)cc3)c2C)ccc1F. The second-order valence-electron chi connectivity index (χ2n) is 6.43. The van der Waals surface area contributed by atoms with Crippen LogP contribution in [-0.2, 0) is 4.79 Å². The number of amides is 2. The minimum atomic E-state index is -0.568. The van der Waals surface area contributed by atoms with E-state index >= 15 is 0 Å². The maximum atomic E-state index is 13.8. The van der Waals surface area contributed by atoms with E-state index in [1.165, 1.54) is 25.1 Å². The average Bonchev–Trinajstić information content (AvgIpc) is 2.93. The van der Waals surface area contributed by atoms with Gasteiger partial charge in [-0.25, -0.2) is 4.39 Å². The van der Waals surface area contributed by atoms with Crippen LogP contribution in [-0.4, -0.2) is 16.4 Å². The molecule has 3 aromatic rings. The summed E-state index contributed by atoms with van der Waals surface area (Å²) in [6.07, 6.45) is 0. The van der Waals surface area contributed by atoms with Crippen LogP contribution in [0.4, 0.5) is 15.8 Å². The van der Waals surface area contributed by atoms with Crippen molar-refractivity contribution in [2.75, 3.05) is 10.6 Å². The summed E-state index contributed by atoms with van der Waals surface area (Å²) in [6.45, 7) is 5.09. The molecule has 0 unspecified atom stereocenters. The topological polar surface area (TPSA) is 63.1 Å². The number of anilines is 2. The number of aromatic nitrogens is 1. The summed E-state index contributed by atoms with van der Waals surface area (Å²) in [6, 6.07) is 13.7. The van der Waals surface area contributed by atoms with Gasteiger partial charge in [-0.05, 0) is 62.4 Å². The lowest BCUT2D eigenvalue weighted by molar-refractivity contribution is -0.114. The summed E-state index contributed by atoms with van der Waals surface area (Å²) < 4.78 is 16.8. The molecule has 3 rings (SSSR count). The van der Waals surface area contributed by atoms with E-state index in [1.54, 1.807) is 0 Å². The van der Waals surface area contributed by atoms with Crippen molar-refractivity contribution in [3.63, 3.8) is 0 Å². The lowest BCUT2D eigenvalue weighted by Gasteiger charge is -2.11. The van der Waals surface area contributed by atoms with E-state index in [1.807, 2.05) is 48.7 Å². The molecule has 28 heavy (non-hydrogen) atoms. The third-order valence-electron chi connectivity index (χ3n) is 4.30. The van der Waals surface area contributed by atoms with Crippen LogP contribution in [0.25, 0.3) is 5.69 Å². The van der Waals surface area contributed by atoms with Gasteiger partial charge in [0.25, 0.3) is 5.91 Å². The molecule has 0 aliphatic heterocycles. The Labute approximate surface area is 170 Å². The third-order valence-corrected chi connectivity index (χ3v) is 4.82. The van der Waals surface area contributed by atoms with Gasteiger partial charge in [0.15, 0.2) is 0 Å². The number of aryl methyl sites for hydroxylation is 1. The zero-order valence-electron chi connectivity index (χ0n) is 15.6. The monoisotopic (exact) mass is 443 g/mol. The molecule has 2 N–H and O–H groups in total. The number of halogens is 2. The Bertz CT molecular complexity index is 1060. The van der Waals surface area contributed by atoms with Gasteiger partial charge in [0.2, 0.25) is 5.91 Å². The van der Waals surface area contributed by atoms with E-state index in [0.717, 1.165) is 21.5 Å². The predicted molar refractivity (Wildman–Crippen MR) is 112 cm³/mol. The van der Waals surface area contributed by atoms with Gasteiger partial charge in [0.05, 0.1) is 11.3 Å². The van der Waals surface area contributed by atoms with Crippen molar-refractivity contribution >= 4 is 39.1 Å². The van der Waals surface area contributed by atoms with Gasteiger partial charge in [-0.2, -0.15) is 0 Å². The van der Waals surface area contributed by atoms with Crippen LogP contribution < -0.4 is 10.6 Å². The number of benzene rings is 2. The predicted octanol–water partition coefficient (Wildman–Crippen LogP) is 5.21. The molecule has 0 saturated heterocycles. The first kappa shape index (κ1) is 19.8. The van der Waals surface area contributed by atoms with Crippen molar-refractivity contribution in [2.45, 2.75) is 20.8 Å². The molecular formula is C21H19BrFN3O2. The number of rotatable bonds is 4. The van der Waals surface area contributed by atoms with Crippen LogP contribution >= 0.6 is 15.9 Å². The van der Waals surface area contributed by atoms with E-state index in [2.05, 4.69) is 26.6 Å². The van der Waals surface area contributed by atoms with Crippen molar-refractivity contribution in [3.05, 3.63) is 75.8 Å². The minimum absolute atomic E-state index is 0.0191.